The van der Waals surface area contributed by atoms with E-state index in [0.29, 0.717) is 12.5 Å². The summed E-state index contributed by atoms with van der Waals surface area (Å²) in [4.78, 5) is 0. The van der Waals surface area contributed by atoms with Crippen LogP contribution >= 0.6 is 0 Å². The molecule has 21 heavy (non-hydrogen) atoms. The number of aromatic nitrogens is 1. The van der Waals surface area contributed by atoms with Gasteiger partial charge in [0.25, 0.3) is 0 Å². The quantitative estimate of drug-likeness (QED) is 0.854. The normalized spacial score (nSPS) is 12.4. The van der Waals surface area contributed by atoms with Crippen molar-refractivity contribution in [1.82, 2.24) is 9.88 Å². The molecule has 0 aliphatic carbocycles. The summed E-state index contributed by atoms with van der Waals surface area (Å²) in [5.74, 6) is 0.783. The summed E-state index contributed by atoms with van der Waals surface area (Å²) in [6, 6.07) is 8.27. The molecule has 0 saturated heterocycles. The van der Waals surface area contributed by atoms with Crippen LogP contribution in [-0.2, 0) is 22.9 Å². The summed E-state index contributed by atoms with van der Waals surface area (Å²) >= 11 is 0. The van der Waals surface area contributed by atoms with Gasteiger partial charge in [-0.1, -0.05) is 32.0 Å². The highest BCUT2D eigenvalue weighted by molar-refractivity contribution is 7.90. The number of para-hydroxylation sites is 1. The van der Waals surface area contributed by atoms with Crippen LogP contribution in [0, 0.1) is 5.92 Å². The van der Waals surface area contributed by atoms with E-state index in [1.54, 1.807) is 0 Å². The van der Waals surface area contributed by atoms with Crippen LogP contribution in [0.2, 0.25) is 0 Å². The summed E-state index contributed by atoms with van der Waals surface area (Å²) < 4.78 is 24.8. The molecule has 1 aromatic heterocycles. The van der Waals surface area contributed by atoms with Crippen LogP contribution in [0.5, 0.6) is 0 Å². The molecule has 0 aliphatic heterocycles. The Kier molecular flexibility index (Phi) is 5.06. The predicted octanol–water partition coefficient (Wildman–Crippen LogP) is 2.43. The van der Waals surface area contributed by atoms with Crippen molar-refractivity contribution in [3.63, 3.8) is 0 Å². The first-order valence-corrected chi connectivity index (χ1v) is 9.38. The first-order valence-electron chi connectivity index (χ1n) is 7.32. The van der Waals surface area contributed by atoms with Crippen LogP contribution in [0.25, 0.3) is 10.9 Å². The van der Waals surface area contributed by atoms with Crippen LogP contribution in [0.3, 0.4) is 0 Å². The van der Waals surface area contributed by atoms with Crippen LogP contribution in [0.15, 0.2) is 30.5 Å². The molecule has 0 amide bonds. The fourth-order valence-electron chi connectivity index (χ4n) is 2.43. The highest BCUT2D eigenvalue weighted by Gasteiger charge is 2.09. The maximum atomic E-state index is 11.4. The van der Waals surface area contributed by atoms with Crippen LogP contribution in [0.4, 0.5) is 0 Å². The zero-order valence-electron chi connectivity index (χ0n) is 13.0. The number of rotatable bonds is 7. The van der Waals surface area contributed by atoms with E-state index in [0.717, 1.165) is 24.0 Å². The third-order valence-corrected chi connectivity index (χ3v) is 4.37. The third kappa shape index (κ3) is 4.58. The molecule has 4 nitrogen and oxygen atoms in total. The Morgan fingerprint density at radius 1 is 1.24 bits per heavy atom. The highest BCUT2D eigenvalue weighted by atomic mass is 32.2. The lowest BCUT2D eigenvalue weighted by Crippen LogP contribution is -2.19. The Morgan fingerprint density at radius 2 is 2.00 bits per heavy atom. The fraction of sp³-hybridized carbons (Fsp3) is 0.500. The summed E-state index contributed by atoms with van der Waals surface area (Å²) in [6.07, 6.45) is 3.26. The van der Waals surface area contributed by atoms with Crippen LogP contribution in [-0.4, -0.2) is 31.5 Å². The van der Waals surface area contributed by atoms with Gasteiger partial charge < -0.3 is 9.88 Å². The molecular formula is C16H24N2O2S. The van der Waals surface area contributed by atoms with Gasteiger partial charge >= 0.3 is 0 Å². The minimum atomic E-state index is -2.95. The number of sulfone groups is 1. The monoisotopic (exact) mass is 308 g/mol. The van der Waals surface area contributed by atoms with Gasteiger partial charge in [-0.15, -0.1) is 0 Å². The molecule has 0 saturated carbocycles. The molecule has 0 fully saturated rings. The first-order chi connectivity index (χ1) is 9.87. The average molecular weight is 308 g/mol. The Morgan fingerprint density at radius 3 is 2.67 bits per heavy atom. The average Bonchev–Trinajstić information content (AvgIpc) is 2.79. The van der Waals surface area contributed by atoms with Gasteiger partial charge in [0.15, 0.2) is 0 Å². The molecule has 1 N–H and O–H groups in total. The number of hydrogen-bond donors (Lipinski definition) is 1. The molecular weight excluding hydrogens is 284 g/mol. The second-order valence-electron chi connectivity index (χ2n) is 6.02. The molecule has 5 heteroatoms. The Labute approximate surface area is 127 Å². The molecule has 0 radical (unpaired) electrons. The van der Waals surface area contributed by atoms with Crippen molar-refractivity contribution in [2.24, 2.45) is 5.92 Å². The zero-order valence-corrected chi connectivity index (χ0v) is 13.8. The van der Waals surface area contributed by atoms with Crippen LogP contribution < -0.4 is 5.32 Å². The Hall–Kier alpha value is -1.33. The van der Waals surface area contributed by atoms with Gasteiger partial charge in [0.1, 0.15) is 9.84 Å². The van der Waals surface area contributed by atoms with E-state index in [9.17, 15) is 8.42 Å². The van der Waals surface area contributed by atoms with E-state index in [1.807, 2.05) is 16.8 Å². The van der Waals surface area contributed by atoms with Gasteiger partial charge in [0.05, 0.1) is 11.3 Å². The van der Waals surface area contributed by atoms with E-state index in [1.165, 1.54) is 11.8 Å². The summed E-state index contributed by atoms with van der Waals surface area (Å²) in [5, 5.41) is 4.61. The van der Waals surface area contributed by atoms with Crippen molar-refractivity contribution in [2.45, 2.75) is 26.9 Å². The van der Waals surface area contributed by atoms with E-state index < -0.39 is 9.84 Å². The van der Waals surface area contributed by atoms with E-state index >= 15 is 0 Å². The van der Waals surface area contributed by atoms with E-state index in [-0.39, 0.29) is 5.75 Å². The van der Waals surface area contributed by atoms with Crippen molar-refractivity contribution < 1.29 is 8.42 Å². The number of aryl methyl sites for hydroxylation is 1. The molecule has 0 spiro atoms. The van der Waals surface area contributed by atoms with Crippen molar-refractivity contribution in [3.05, 3.63) is 36.0 Å². The molecule has 0 aliphatic rings. The number of nitrogens with one attached hydrogen (secondary N) is 1. The maximum Gasteiger partial charge on any atom is 0.149 e. The standard InChI is InChI=1S/C16H24N2O2S/c1-13(2)11-17-12-15-6-4-5-14-7-8-18(16(14)15)9-10-21(3,19)20/h4-8,13,17H,9-12H2,1-3H3. The van der Waals surface area contributed by atoms with E-state index in [4.69, 9.17) is 0 Å². The van der Waals surface area contributed by atoms with Crippen molar-refractivity contribution >= 4 is 20.7 Å². The molecule has 0 bridgehead atoms. The number of benzene rings is 1. The molecule has 0 atom stereocenters. The van der Waals surface area contributed by atoms with Gasteiger partial charge in [-0.05, 0) is 29.5 Å². The van der Waals surface area contributed by atoms with Gasteiger partial charge in [-0.3, -0.25) is 0 Å². The van der Waals surface area contributed by atoms with Crippen molar-refractivity contribution in [2.75, 3.05) is 18.6 Å². The lowest BCUT2D eigenvalue weighted by atomic mass is 10.1. The minimum Gasteiger partial charge on any atom is -0.346 e. The second-order valence-corrected chi connectivity index (χ2v) is 8.28. The van der Waals surface area contributed by atoms with Gasteiger partial charge in [0, 0.05) is 25.5 Å². The number of nitrogens with zero attached hydrogens (tertiary/aromatic N) is 1. The lowest BCUT2D eigenvalue weighted by Gasteiger charge is -2.11. The van der Waals surface area contributed by atoms with Gasteiger partial charge in [-0.2, -0.15) is 0 Å². The molecule has 1 heterocycles. The Bertz CT molecular complexity index is 702. The molecule has 0 unspecified atom stereocenters. The molecule has 1 aromatic carbocycles. The van der Waals surface area contributed by atoms with E-state index in [2.05, 4.69) is 37.4 Å². The molecule has 2 aromatic rings. The second kappa shape index (κ2) is 6.62. The predicted molar refractivity (Wildman–Crippen MR) is 88.2 cm³/mol. The van der Waals surface area contributed by atoms with Crippen LogP contribution in [0.1, 0.15) is 19.4 Å². The number of hydrogen-bond acceptors (Lipinski definition) is 3. The maximum absolute atomic E-state index is 11.4. The summed E-state index contributed by atoms with van der Waals surface area (Å²) in [6.45, 7) is 6.65. The third-order valence-electron chi connectivity index (χ3n) is 3.44. The van der Waals surface area contributed by atoms with Gasteiger partial charge in [-0.25, -0.2) is 8.42 Å². The highest BCUT2D eigenvalue weighted by Crippen LogP contribution is 2.20. The van der Waals surface area contributed by atoms with Gasteiger partial charge in [0.2, 0.25) is 0 Å². The largest absolute Gasteiger partial charge is 0.346 e. The number of fused-ring (bicyclic) bond motifs is 1. The first kappa shape index (κ1) is 16.0. The minimum absolute atomic E-state index is 0.171. The lowest BCUT2D eigenvalue weighted by molar-refractivity contribution is 0.552. The molecule has 2 rings (SSSR count). The Balaban J connectivity index is 2.22. The van der Waals surface area contributed by atoms with Crippen molar-refractivity contribution in [1.29, 1.82) is 0 Å². The SMILES string of the molecule is CC(C)CNCc1cccc2ccn(CCS(C)(=O)=O)c12. The summed E-state index contributed by atoms with van der Waals surface area (Å²) in [5.41, 5.74) is 2.35. The zero-order chi connectivity index (χ0) is 15.5. The molecule has 116 valence electrons. The fourth-order valence-corrected chi connectivity index (χ4v) is 2.96. The van der Waals surface area contributed by atoms with Crippen molar-refractivity contribution in [3.8, 4) is 0 Å². The smallest absolute Gasteiger partial charge is 0.149 e. The topological polar surface area (TPSA) is 51.1 Å². The summed E-state index contributed by atoms with van der Waals surface area (Å²) in [7, 11) is -2.95.